The second kappa shape index (κ2) is 6.25. The fraction of sp³-hybridized carbons (Fsp3) is 0.294. The van der Waals surface area contributed by atoms with E-state index < -0.39 is 0 Å². The molecule has 0 aliphatic heterocycles. The van der Waals surface area contributed by atoms with Crippen LogP contribution in [0.4, 0.5) is 5.69 Å². The molecule has 2 N–H and O–H groups in total. The Morgan fingerprint density at radius 1 is 0.833 bits per heavy atom. The van der Waals surface area contributed by atoms with Crippen molar-refractivity contribution in [2.75, 3.05) is 5.73 Å². The lowest BCUT2D eigenvalue weighted by Crippen LogP contribution is -1.93. The van der Waals surface area contributed by atoms with Gasteiger partial charge in [0.25, 0.3) is 0 Å². The molecular weight excluding hydrogens is 218 g/mol. The smallest absolute Gasteiger partial charge is 0.0346 e. The van der Waals surface area contributed by atoms with Gasteiger partial charge >= 0.3 is 0 Å². The zero-order chi connectivity index (χ0) is 12.8. The van der Waals surface area contributed by atoms with E-state index in [1.165, 1.54) is 36.0 Å². The number of anilines is 1. The van der Waals surface area contributed by atoms with Crippen LogP contribution in [0.5, 0.6) is 0 Å². The average Bonchev–Trinajstić information content (AvgIpc) is 2.40. The molecule has 0 spiro atoms. The Morgan fingerprint density at radius 2 is 1.50 bits per heavy atom. The molecule has 0 atom stereocenters. The van der Waals surface area contributed by atoms with Crippen LogP contribution in [0.2, 0.25) is 0 Å². The molecule has 0 heterocycles. The quantitative estimate of drug-likeness (QED) is 0.616. The monoisotopic (exact) mass is 239 g/mol. The van der Waals surface area contributed by atoms with Crippen molar-refractivity contribution in [1.82, 2.24) is 0 Å². The van der Waals surface area contributed by atoms with Gasteiger partial charge in [-0.2, -0.15) is 0 Å². The van der Waals surface area contributed by atoms with Gasteiger partial charge in [0.2, 0.25) is 0 Å². The third-order valence-electron chi connectivity index (χ3n) is 3.37. The van der Waals surface area contributed by atoms with E-state index in [0.717, 1.165) is 12.1 Å². The van der Waals surface area contributed by atoms with E-state index in [-0.39, 0.29) is 0 Å². The Bertz CT molecular complexity index is 488. The molecule has 2 aromatic rings. The first kappa shape index (κ1) is 12.7. The Hall–Kier alpha value is -1.76. The summed E-state index contributed by atoms with van der Waals surface area (Å²) < 4.78 is 0. The first-order chi connectivity index (χ1) is 8.75. The average molecular weight is 239 g/mol. The van der Waals surface area contributed by atoms with Crippen LogP contribution in [-0.4, -0.2) is 0 Å². The van der Waals surface area contributed by atoms with E-state index in [1.54, 1.807) is 0 Å². The highest BCUT2D eigenvalue weighted by Crippen LogP contribution is 2.15. The van der Waals surface area contributed by atoms with Crippen molar-refractivity contribution in [3.8, 4) is 0 Å². The molecule has 0 saturated heterocycles. The van der Waals surface area contributed by atoms with E-state index in [4.69, 9.17) is 5.73 Å². The zero-order valence-corrected chi connectivity index (χ0v) is 11.0. The standard InChI is InChI=1S/C17H21N/c1-14-11-12-16(13-17(14)18)10-6-5-9-15-7-3-2-4-8-15/h2-4,7-8,11-13H,5-6,9-10,18H2,1H3. The lowest BCUT2D eigenvalue weighted by Gasteiger charge is -2.05. The van der Waals surface area contributed by atoms with Crippen LogP contribution in [0.15, 0.2) is 48.5 Å². The maximum absolute atomic E-state index is 5.92. The van der Waals surface area contributed by atoms with Gasteiger partial charge in [-0.3, -0.25) is 0 Å². The minimum absolute atomic E-state index is 0.913. The normalized spacial score (nSPS) is 10.5. The van der Waals surface area contributed by atoms with Crippen molar-refractivity contribution in [3.05, 3.63) is 65.2 Å². The summed E-state index contributed by atoms with van der Waals surface area (Å²) in [6, 6.07) is 17.1. The summed E-state index contributed by atoms with van der Waals surface area (Å²) in [6.45, 7) is 2.05. The van der Waals surface area contributed by atoms with Gasteiger partial charge in [-0.1, -0.05) is 42.5 Å². The minimum Gasteiger partial charge on any atom is -0.399 e. The zero-order valence-electron chi connectivity index (χ0n) is 11.0. The van der Waals surface area contributed by atoms with Crippen LogP contribution in [0.1, 0.15) is 29.5 Å². The number of nitrogens with two attached hydrogens (primary N) is 1. The molecule has 94 valence electrons. The molecule has 2 aromatic carbocycles. The SMILES string of the molecule is Cc1ccc(CCCCc2ccccc2)cc1N. The highest BCUT2D eigenvalue weighted by molar-refractivity contribution is 5.48. The molecule has 0 radical (unpaired) electrons. The molecule has 0 fully saturated rings. The molecule has 0 bridgehead atoms. The van der Waals surface area contributed by atoms with Crippen LogP contribution < -0.4 is 5.73 Å². The number of hydrogen-bond donors (Lipinski definition) is 1. The number of nitrogen functional groups attached to an aromatic ring is 1. The second-order valence-corrected chi connectivity index (χ2v) is 4.88. The molecule has 1 heteroatoms. The molecule has 0 unspecified atom stereocenters. The van der Waals surface area contributed by atoms with Gasteiger partial charge in [0.05, 0.1) is 0 Å². The number of hydrogen-bond acceptors (Lipinski definition) is 1. The van der Waals surface area contributed by atoms with Crippen molar-refractivity contribution in [2.45, 2.75) is 32.6 Å². The number of benzene rings is 2. The fourth-order valence-electron chi connectivity index (χ4n) is 2.15. The molecule has 0 saturated carbocycles. The molecule has 1 nitrogen and oxygen atoms in total. The van der Waals surface area contributed by atoms with E-state index in [2.05, 4.69) is 55.5 Å². The van der Waals surface area contributed by atoms with Crippen molar-refractivity contribution >= 4 is 5.69 Å². The summed E-state index contributed by atoms with van der Waals surface area (Å²) >= 11 is 0. The van der Waals surface area contributed by atoms with E-state index in [9.17, 15) is 0 Å². The molecule has 0 aromatic heterocycles. The lowest BCUT2D eigenvalue weighted by molar-refractivity contribution is 0.734. The third-order valence-corrected chi connectivity index (χ3v) is 3.37. The van der Waals surface area contributed by atoms with Crippen LogP contribution in [0, 0.1) is 6.92 Å². The van der Waals surface area contributed by atoms with E-state index in [1.807, 2.05) is 0 Å². The molecule has 18 heavy (non-hydrogen) atoms. The summed E-state index contributed by atoms with van der Waals surface area (Å²) in [7, 11) is 0. The van der Waals surface area contributed by atoms with Gasteiger partial charge in [-0.05, 0) is 55.4 Å². The molecule has 0 aliphatic rings. The maximum atomic E-state index is 5.92. The predicted octanol–water partition coefficient (Wildman–Crippen LogP) is 4.14. The van der Waals surface area contributed by atoms with Crippen molar-refractivity contribution < 1.29 is 0 Å². The van der Waals surface area contributed by atoms with Gasteiger partial charge in [0, 0.05) is 5.69 Å². The molecule has 0 amide bonds. The summed E-state index contributed by atoms with van der Waals surface area (Å²) in [6.07, 6.45) is 4.74. The molecule has 0 aliphatic carbocycles. The maximum Gasteiger partial charge on any atom is 0.0346 e. The van der Waals surface area contributed by atoms with Crippen LogP contribution in [-0.2, 0) is 12.8 Å². The Morgan fingerprint density at radius 3 is 2.17 bits per heavy atom. The largest absolute Gasteiger partial charge is 0.399 e. The van der Waals surface area contributed by atoms with Gasteiger partial charge in [-0.25, -0.2) is 0 Å². The third kappa shape index (κ3) is 3.63. The molecule has 2 rings (SSSR count). The first-order valence-electron chi connectivity index (χ1n) is 6.64. The van der Waals surface area contributed by atoms with Crippen LogP contribution in [0.25, 0.3) is 0 Å². The predicted molar refractivity (Wildman–Crippen MR) is 78.7 cm³/mol. The van der Waals surface area contributed by atoms with Crippen LogP contribution >= 0.6 is 0 Å². The number of unbranched alkanes of at least 4 members (excludes halogenated alkanes) is 1. The molecular formula is C17H21N. The number of aryl methyl sites for hydroxylation is 3. The number of rotatable bonds is 5. The van der Waals surface area contributed by atoms with Gasteiger partial charge < -0.3 is 5.73 Å². The Balaban J connectivity index is 1.77. The topological polar surface area (TPSA) is 26.0 Å². The van der Waals surface area contributed by atoms with E-state index in [0.29, 0.717) is 0 Å². The van der Waals surface area contributed by atoms with Gasteiger partial charge in [-0.15, -0.1) is 0 Å². The van der Waals surface area contributed by atoms with Crippen molar-refractivity contribution in [2.24, 2.45) is 0 Å². The van der Waals surface area contributed by atoms with Gasteiger partial charge in [0.1, 0.15) is 0 Å². The highest BCUT2D eigenvalue weighted by Gasteiger charge is 1.98. The fourth-order valence-corrected chi connectivity index (χ4v) is 2.15. The highest BCUT2D eigenvalue weighted by atomic mass is 14.5. The summed E-state index contributed by atoms with van der Waals surface area (Å²) in [5, 5.41) is 0. The van der Waals surface area contributed by atoms with Gasteiger partial charge in [0.15, 0.2) is 0 Å². The Labute approximate surface area is 110 Å². The summed E-state index contributed by atoms with van der Waals surface area (Å²) in [4.78, 5) is 0. The van der Waals surface area contributed by atoms with Crippen LogP contribution in [0.3, 0.4) is 0 Å². The van der Waals surface area contributed by atoms with Crippen molar-refractivity contribution in [1.29, 1.82) is 0 Å². The lowest BCUT2D eigenvalue weighted by atomic mass is 10.0. The van der Waals surface area contributed by atoms with Crippen molar-refractivity contribution in [3.63, 3.8) is 0 Å². The minimum atomic E-state index is 0.913. The first-order valence-corrected chi connectivity index (χ1v) is 6.64. The van der Waals surface area contributed by atoms with E-state index >= 15 is 0 Å². The Kier molecular flexibility index (Phi) is 4.40. The second-order valence-electron chi connectivity index (χ2n) is 4.88. The summed E-state index contributed by atoms with van der Waals surface area (Å²) in [5.74, 6) is 0. The summed E-state index contributed by atoms with van der Waals surface area (Å²) in [5.41, 5.74) is 10.8.